The van der Waals surface area contributed by atoms with Gasteiger partial charge in [0.15, 0.2) is 0 Å². The van der Waals surface area contributed by atoms with Crippen LogP contribution in [-0.2, 0) is 14.8 Å². The first-order valence-electron chi connectivity index (χ1n) is 9.76. The number of carbonyl (C=O) groups excluding carboxylic acids is 2. The Kier molecular flexibility index (Phi) is 10.2. The van der Waals surface area contributed by atoms with Crippen molar-refractivity contribution in [3.63, 3.8) is 0 Å². The molecule has 2 rings (SSSR count). The molecule has 172 valence electrons. The van der Waals surface area contributed by atoms with Gasteiger partial charge in [0.25, 0.3) is 11.8 Å². The third-order valence-electron chi connectivity index (χ3n) is 4.33. The molecule has 2 aromatic rings. The van der Waals surface area contributed by atoms with Crippen molar-refractivity contribution in [2.45, 2.75) is 37.1 Å². The van der Waals surface area contributed by atoms with Crippen molar-refractivity contribution in [1.29, 1.82) is 0 Å². The van der Waals surface area contributed by atoms with Gasteiger partial charge in [0, 0.05) is 17.5 Å². The lowest BCUT2D eigenvalue weighted by Crippen LogP contribution is -2.45. The van der Waals surface area contributed by atoms with E-state index < -0.39 is 22.0 Å². The maximum Gasteiger partial charge on any atom is 0.261 e. The molecule has 1 aromatic heterocycles. The summed E-state index contributed by atoms with van der Waals surface area (Å²) in [5.74, 6) is 4.83. The quantitative estimate of drug-likeness (QED) is 0.159. The van der Waals surface area contributed by atoms with Gasteiger partial charge in [-0.15, -0.1) is 5.92 Å². The van der Waals surface area contributed by atoms with Crippen molar-refractivity contribution in [2.75, 3.05) is 13.2 Å². The average molecular weight is 480 g/mol. The van der Waals surface area contributed by atoms with Gasteiger partial charge in [0.2, 0.25) is 10.0 Å². The standard InChI is InChI=1S/C21H25N3O6S2/c1-2-3-13-30-17-7-9-18(10-8-17)32(28,29)24-19(21(26)23-27)6-4-5-12-22-20(25)16-11-14-31-15-16/h7-11,14-15,19,24,27H,4-6,12-13H2,1H3,(H,22,25)(H,23,26)/t19-/m1/s1. The zero-order valence-corrected chi connectivity index (χ0v) is 19.1. The monoisotopic (exact) mass is 479 g/mol. The second kappa shape index (κ2) is 12.8. The second-order valence-corrected chi connectivity index (χ2v) is 9.09. The Morgan fingerprint density at radius 1 is 1.19 bits per heavy atom. The number of sulfonamides is 1. The number of benzene rings is 1. The van der Waals surface area contributed by atoms with E-state index in [0.717, 1.165) is 0 Å². The summed E-state index contributed by atoms with van der Waals surface area (Å²) in [6, 6.07) is 6.23. The zero-order valence-electron chi connectivity index (χ0n) is 17.5. The molecule has 9 nitrogen and oxygen atoms in total. The zero-order chi connectivity index (χ0) is 23.4. The lowest BCUT2D eigenvalue weighted by molar-refractivity contribution is -0.131. The molecule has 11 heteroatoms. The largest absolute Gasteiger partial charge is 0.481 e. The Bertz CT molecular complexity index is 1040. The fourth-order valence-electron chi connectivity index (χ4n) is 2.65. The van der Waals surface area contributed by atoms with Crippen molar-refractivity contribution in [2.24, 2.45) is 0 Å². The van der Waals surface area contributed by atoms with Crippen molar-refractivity contribution in [3.8, 4) is 17.6 Å². The second-order valence-electron chi connectivity index (χ2n) is 6.60. The molecule has 0 aliphatic heterocycles. The molecule has 0 aliphatic carbocycles. The summed E-state index contributed by atoms with van der Waals surface area (Å²) >= 11 is 1.42. The van der Waals surface area contributed by atoms with E-state index in [1.807, 2.05) is 0 Å². The van der Waals surface area contributed by atoms with Gasteiger partial charge in [0.1, 0.15) is 18.4 Å². The average Bonchev–Trinajstić information content (AvgIpc) is 3.33. The molecule has 1 aromatic carbocycles. The molecule has 0 saturated carbocycles. The molecular formula is C21H25N3O6S2. The summed E-state index contributed by atoms with van der Waals surface area (Å²) < 4.78 is 33.0. The Balaban J connectivity index is 1.88. The number of ether oxygens (including phenoxy) is 1. The molecule has 0 aliphatic rings. The van der Waals surface area contributed by atoms with Crippen LogP contribution < -0.4 is 20.3 Å². The molecule has 2 amide bonds. The predicted octanol–water partition coefficient (Wildman–Crippen LogP) is 1.90. The van der Waals surface area contributed by atoms with Gasteiger partial charge in [-0.25, -0.2) is 13.9 Å². The van der Waals surface area contributed by atoms with E-state index >= 15 is 0 Å². The number of hydrogen-bond acceptors (Lipinski definition) is 7. The number of carbonyl (C=O) groups is 2. The summed E-state index contributed by atoms with van der Waals surface area (Å²) in [5, 5.41) is 15.3. The number of hydroxylamine groups is 1. The third-order valence-corrected chi connectivity index (χ3v) is 6.51. The smallest absolute Gasteiger partial charge is 0.261 e. The van der Waals surface area contributed by atoms with Crippen LogP contribution in [0.2, 0.25) is 0 Å². The first kappa shape index (κ1) is 25.4. The van der Waals surface area contributed by atoms with Crippen LogP contribution in [-0.4, -0.2) is 44.6 Å². The molecule has 32 heavy (non-hydrogen) atoms. The number of rotatable bonds is 12. The number of amides is 2. The summed E-state index contributed by atoms with van der Waals surface area (Å²) in [7, 11) is -4.02. The lowest BCUT2D eigenvalue weighted by atomic mass is 10.1. The van der Waals surface area contributed by atoms with Crippen LogP contribution in [0.4, 0.5) is 0 Å². The highest BCUT2D eigenvalue weighted by molar-refractivity contribution is 7.89. The maximum absolute atomic E-state index is 12.7. The Labute approximate surface area is 191 Å². The molecule has 0 unspecified atom stereocenters. The van der Waals surface area contributed by atoms with Crippen LogP contribution in [0.3, 0.4) is 0 Å². The topological polar surface area (TPSA) is 134 Å². The van der Waals surface area contributed by atoms with E-state index in [0.29, 0.717) is 30.7 Å². The van der Waals surface area contributed by atoms with Crippen LogP contribution in [0, 0.1) is 11.8 Å². The Morgan fingerprint density at radius 2 is 1.94 bits per heavy atom. The molecule has 0 spiro atoms. The maximum atomic E-state index is 12.7. The summed E-state index contributed by atoms with van der Waals surface area (Å²) in [6.45, 7) is 2.25. The molecule has 0 bridgehead atoms. The van der Waals surface area contributed by atoms with Crippen LogP contribution in [0.25, 0.3) is 0 Å². The molecule has 1 atom stereocenters. The van der Waals surface area contributed by atoms with Gasteiger partial charge in [0.05, 0.1) is 4.90 Å². The first-order chi connectivity index (χ1) is 15.4. The van der Waals surface area contributed by atoms with Gasteiger partial charge in [-0.1, -0.05) is 5.92 Å². The molecule has 0 fully saturated rings. The molecule has 0 radical (unpaired) electrons. The highest BCUT2D eigenvalue weighted by Crippen LogP contribution is 2.17. The predicted molar refractivity (Wildman–Crippen MR) is 120 cm³/mol. The van der Waals surface area contributed by atoms with Crippen molar-refractivity contribution < 1.29 is 28.0 Å². The Morgan fingerprint density at radius 3 is 2.56 bits per heavy atom. The SMILES string of the molecule is CC#CCOc1ccc(S(=O)(=O)N[C@H](CCCCNC(=O)c2ccsc2)C(=O)NO)cc1. The number of nitrogens with one attached hydrogen (secondary N) is 3. The van der Waals surface area contributed by atoms with Crippen molar-refractivity contribution >= 4 is 33.2 Å². The normalized spacial score (nSPS) is 11.7. The van der Waals surface area contributed by atoms with Crippen LogP contribution in [0.15, 0.2) is 46.0 Å². The van der Waals surface area contributed by atoms with Gasteiger partial charge in [-0.3, -0.25) is 14.8 Å². The fraction of sp³-hybridized carbons (Fsp3) is 0.333. The van der Waals surface area contributed by atoms with E-state index in [1.165, 1.54) is 41.1 Å². The molecule has 0 saturated heterocycles. The molecular weight excluding hydrogens is 454 g/mol. The first-order valence-corrected chi connectivity index (χ1v) is 12.2. The number of hydrogen-bond donors (Lipinski definition) is 4. The fourth-order valence-corrected chi connectivity index (χ4v) is 4.52. The van der Waals surface area contributed by atoms with Gasteiger partial charge in [-0.2, -0.15) is 16.1 Å². The highest BCUT2D eigenvalue weighted by Gasteiger charge is 2.25. The van der Waals surface area contributed by atoms with E-state index in [4.69, 9.17) is 9.94 Å². The van der Waals surface area contributed by atoms with Gasteiger partial charge >= 0.3 is 0 Å². The minimum absolute atomic E-state index is 0.0507. The summed E-state index contributed by atoms with van der Waals surface area (Å²) in [6.07, 6.45) is 1.10. The third kappa shape index (κ3) is 7.97. The lowest BCUT2D eigenvalue weighted by Gasteiger charge is -2.17. The van der Waals surface area contributed by atoms with Crippen molar-refractivity contribution in [1.82, 2.24) is 15.5 Å². The minimum Gasteiger partial charge on any atom is -0.481 e. The number of unbranched alkanes of at least 4 members (excludes halogenated alkanes) is 1. The highest BCUT2D eigenvalue weighted by atomic mass is 32.2. The number of thiophene rings is 1. The van der Waals surface area contributed by atoms with E-state index in [1.54, 1.807) is 23.8 Å². The molecule has 4 N–H and O–H groups in total. The summed E-state index contributed by atoms with van der Waals surface area (Å²) in [5.41, 5.74) is 2.07. The van der Waals surface area contributed by atoms with Crippen LogP contribution in [0.1, 0.15) is 36.5 Å². The van der Waals surface area contributed by atoms with E-state index in [9.17, 15) is 18.0 Å². The van der Waals surface area contributed by atoms with Gasteiger partial charge < -0.3 is 10.1 Å². The van der Waals surface area contributed by atoms with E-state index in [-0.39, 0.29) is 23.8 Å². The molecule has 1 heterocycles. The van der Waals surface area contributed by atoms with Gasteiger partial charge in [-0.05, 0) is 61.9 Å². The van der Waals surface area contributed by atoms with Crippen molar-refractivity contribution in [3.05, 3.63) is 46.7 Å². The summed E-state index contributed by atoms with van der Waals surface area (Å²) in [4.78, 5) is 23.8. The van der Waals surface area contributed by atoms with Crippen LogP contribution in [0.5, 0.6) is 5.75 Å². The van der Waals surface area contributed by atoms with E-state index in [2.05, 4.69) is 21.9 Å². The minimum atomic E-state index is -4.02. The Hall–Kier alpha value is -2.91. The van der Waals surface area contributed by atoms with Crippen LogP contribution >= 0.6 is 11.3 Å².